The first kappa shape index (κ1) is 15.9. The van der Waals surface area contributed by atoms with Gasteiger partial charge in [0.05, 0.1) is 11.8 Å². The molecule has 130 valence electrons. The second-order valence-electron chi connectivity index (χ2n) is 7.87. The topological polar surface area (TPSA) is 51.0 Å². The number of fused-ring (bicyclic) bond motifs is 5. The molecule has 0 saturated heterocycles. The molecule has 1 aromatic carbocycles. The van der Waals surface area contributed by atoms with E-state index in [9.17, 15) is 5.11 Å². The average molecular weight is 329 g/mol. The lowest BCUT2D eigenvalue weighted by molar-refractivity contribution is -0.0221. The van der Waals surface area contributed by atoms with E-state index < -0.39 is 0 Å². The highest BCUT2D eigenvalue weighted by molar-refractivity contribution is 5.93. The lowest BCUT2D eigenvalue weighted by atomic mass is 9.55. The monoisotopic (exact) mass is 329 g/mol. The molecule has 24 heavy (non-hydrogen) atoms. The van der Waals surface area contributed by atoms with Gasteiger partial charge in [-0.25, -0.2) is 0 Å². The molecule has 3 aliphatic carbocycles. The van der Waals surface area contributed by atoms with Gasteiger partial charge in [0, 0.05) is 18.9 Å². The van der Waals surface area contributed by atoms with Crippen molar-refractivity contribution < 1.29 is 14.7 Å². The number of ether oxygens (including phenoxy) is 1. The highest BCUT2D eigenvalue weighted by Crippen LogP contribution is 2.60. The van der Waals surface area contributed by atoms with Gasteiger partial charge in [0.25, 0.3) is 0 Å². The van der Waals surface area contributed by atoms with Crippen LogP contribution in [0.15, 0.2) is 23.4 Å². The molecule has 2 fully saturated rings. The van der Waals surface area contributed by atoms with E-state index in [1.54, 1.807) is 7.11 Å². The van der Waals surface area contributed by atoms with Crippen molar-refractivity contribution in [3.8, 4) is 5.75 Å². The molecule has 0 amide bonds. The summed E-state index contributed by atoms with van der Waals surface area (Å²) < 4.78 is 5.90. The zero-order chi connectivity index (χ0) is 16.9. The lowest BCUT2D eigenvalue weighted by Gasteiger charge is -2.50. The molecule has 0 spiro atoms. The summed E-state index contributed by atoms with van der Waals surface area (Å²) in [4.78, 5) is 5.14. The molecule has 0 bridgehead atoms. The molecule has 4 heteroatoms. The first-order valence-electron chi connectivity index (χ1n) is 9.03. The third-order valence-electron chi connectivity index (χ3n) is 6.92. The molecule has 3 aliphatic rings. The average Bonchev–Trinajstić information content (AvgIpc) is 2.87. The predicted molar refractivity (Wildman–Crippen MR) is 93.3 cm³/mol. The Morgan fingerprint density at radius 1 is 1.25 bits per heavy atom. The van der Waals surface area contributed by atoms with Gasteiger partial charge in [0.1, 0.15) is 12.9 Å². The summed E-state index contributed by atoms with van der Waals surface area (Å²) in [7, 11) is 3.47. The van der Waals surface area contributed by atoms with Gasteiger partial charge in [0.2, 0.25) is 0 Å². The number of rotatable bonds is 2. The molecule has 4 nitrogen and oxygen atoms in total. The number of aryl methyl sites for hydroxylation is 1. The van der Waals surface area contributed by atoms with Crippen LogP contribution < -0.4 is 0 Å². The van der Waals surface area contributed by atoms with Gasteiger partial charge in [-0.1, -0.05) is 18.1 Å². The van der Waals surface area contributed by atoms with Crippen molar-refractivity contribution in [1.82, 2.24) is 0 Å². The van der Waals surface area contributed by atoms with Crippen LogP contribution >= 0.6 is 0 Å². The van der Waals surface area contributed by atoms with Crippen molar-refractivity contribution in [1.29, 1.82) is 0 Å². The highest BCUT2D eigenvalue weighted by Gasteiger charge is 2.58. The van der Waals surface area contributed by atoms with Gasteiger partial charge in [0.15, 0.2) is 0 Å². The summed E-state index contributed by atoms with van der Waals surface area (Å²) in [6, 6.07) is 5.94. The van der Waals surface area contributed by atoms with Crippen molar-refractivity contribution in [3.05, 3.63) is 29.3 Å². The molecule has 4 rings (SSSR count). The largest absolute Gasteiger partial charge is 0.508 e. The normalized spacial score (nSPS) is 39.2. The van der Waals surface area contributed by atoms with Crippen molar-refractivity contribution in [2.45, 2.75) is 51.0 Å². The molecule has 0 unspecified atom stereocenters. The molecule has 0 radical (unpaired) electrons. The Balaban J connectivity index is 1.73. The fraction of sp³-hybridized carbons (Fsp3) is 0.650. The fourth-order valence-corrected chi connectivity index (χ4v) is 5.87. The van der Waals surface area contributed by atoms with Gasteiger partial charge in [-0.15, -0.1) is 0 Å². The predicted octanol–water partition coefficient (Wildman–Crippen LogP) is 3.88. The number of hydrogen-bond acceptors (Lipinski definition) is 4. The summed E-state index contributed by atoms with van der Waals surface area (Å²) in [5, 5.41) is 14.2. The van der Waals surface area contributed by atoms with E-state index in [1.165, 1.54) is 29.7 Å². The molecular formula is C20H27NO3. The smallest absolute Gasteiger partial charge is 0.115 e. The SMILES string of the molecule is CO/N=C1\C[C@@H](OC)[C@H]2[C@@H]3CCc4cc(O)ccc4[C@H]3CC[C@]12C. The van der Waals surface area contributed by atoms with E-state index in [4.69, 9.17) is 9.57 Å². The minimum absolute atomic E-state index is 0.0896. The Kier molecular flexibility index (Phi) is 3.83. The maximum absolute atomic E-state index is 9.80. The van der Waals surface area contributed by atoms with Crippen LogP contribution in [0.25, 0.3) is 0 Å². The molecule has 1 aromatic rings. The van der Waals surface area contributed by atoms with Gasteiger partial charge >= 0.3 is 0 Å². The Morgan fingerprint density at radius 3 is 2.83 bits per heavy atom. The van der Waals surface area contributed by atoms with E-state index in [2.05, 4.69) is 18.1 Å². The van der Waals surface area contributed by atoms with Crippen molar-refractivity contribution in [2.24, 2.45) is 22.4 Å². The quantitative estimate of drug-likeness (QED) is 0.838. The van der Waals surface area contributed by atoms with Crippen LogP contribution in [0, 0.1) is 17.3 Å². The van der Waals surface area contributed by atoms with E-state index in [-0.39, 0.29) is 11.5 Å². The number of aromatic hydroxyl groups is 1. The summed E-state index contributed by atoms with van der Waals surface area (Å²) in [6.07, 6.45) is 5.63. The maximum atomic E-state index is 9.80. The summed E-state index contributed by atoms with van der Waals surface area (Å²) in [6.45, 7) is 2.36. The van der Waals surface area contributed by atoms with Crippen molar-refractivity contribution >= 4 is 5.71 Å². The first-order chi connectivity index (χ1) is 11.6. The fourth-order valence-electron chi connectivity index (χ4n) is 5.87. The third-order valence-corrected chi connectivity index (χ3v) is 6.92. The van der Waals surface area contributed by atoms with Crippen LogP contribution in [0.4, 0.5) is 0 Å². The number of phenolic OH excluding ortho intramolecular Hbond substituents is 1. The van der Waals surface area contributed by atoms with Crippen LogP contribution in [0.2, 0.25) is 0 Å². The standard InChI is InChI=1S/C20H27NO3/c1-20-9-8-15-14-7-5-13(22)10-12(14)4-6-16(15)19(20)17(23-2)11-18(20)21-24-3/h5,7,10,15-17,19,22H,4,6,8-9,11H2,1-3H3/b21-18+/t15-,16-,17-,19-,20-/m1/s1. The minimum Gasteiger partial charge on any atom is -0.508 e. The van der Waals surface area contributed by atoms with Crippen LogP contribution in [0.1, 0.15) is 49.7 Å². The number of oxime groups is 1. The number of methoxy groups -OCH3 is 1. The molecule has 0 aromatic heterocycles. The van der Waals surface area contributed by atoms with Crippen molar-refractivity contribution in [2.75, 3.05) is 14.2 Å². The van der Waals surface area contributed by atoms with Gasteiger partial charge < -0.3 is 14.7 Å². The Hall–Kier alpha value is -1.55. The second-order valence-corrected chi connectivity index (χ2v) is 7.87. The molecule has 0 aliphatic heterocycles. The minimum atomic E-state index is 0.0896. The van der Waals surface area contributed by atoms with Gasteiger partial charge in [-0.3, -0.25) is 0 Å². The second kappa shape index (κ2) is 5.76. The Labute approximate surface area is 143 Å². The van der Waals surface area contributed by atoms with E-state index >= 15 is 0 Å². The summed E-state index contributed by atoms with van der Waals surface area (Å²) >= 11 is 0. The van der Waals surface area contributed by atoms with Gasteiger partial charge in [-0.05, 0) is 66.7 Å². The molecular weight excluding hydrogens is 302 g/mol. The number of hydrogen-bond donors (Lipinski definition) is 1. The molecule has 5 atom stereocenters. The Morgan fingerprint density at radius 2 is 2.08 bits per heavy atom. The van der Waals surface area contributed by atoms with Crippen LogP contribution in [0.5, 0.6) is 5.75 Å². The zero-order valence-electron chi connectivity index (χ0n) is 14.8. The van der Waals surface area contributed by atoms with Crippen molar-refractivity contribution in [3.63, 3.8) is 0 Å². The van der Waals surface area contributed by atoms with Crippen LogP contribution in [-0.4, -0.2) is 31.1 Å². The number of phenols is 1. The van der Waals surface area contributed by atoms with Crippen LogP contribution in [0.3, 0.4) is 0 Å². The number of benzene rings is 1. The Bertz CT molecular complexity index is 671. The maximum Gasteiger partial charge on any atom is 0.115 e. The molecule has 0 heterocycles. The highest BCUT2D eigenvalue weighted by atomic mass is 16.6. The molecule has 1 N–H and O–H groups in total. The van der Waals surface area contributed by atoms with E-state index in [0.717, 1.165) is 19.3 Å². The first-order valence-corrected chi connectivity index (χ1v) is 9.03. The number of nitrogens with zero attached hydrogens (tertiary/aromatic N) is 1. The van der Waals surface area contributed by atoms with E-state index in [1.807, 2.05) is 19.2 Å². The summed E-state index contributed by atoms with van der Waals surface area (Å²) in [5.74, 6) is 2.08. The zero-order valence-corrected chi connectivity index (χ0v) is 14.8. The van der Waals surface area contributed by atoms with E-state index in [0.29, 0.717) is 23.5 Å². The third kappa shape index (κ3) is 2.19. The lowest BCUT2D eigenvalue weighted by Crippen LogP contribution is -2.45. The summed E-state index contributed by atoms with van der Waals surface area (Å²) in [5.41, 5.74) is 4.04. The van der Waals surface area contributed by atoms with Gasteiger partial charge in [-0.2, -0.15) is 0 Å². The molecule has 2 saturated carbocycles. The van der Waals surface area contributed by atoms with Crippen LogP contribution in [-0.2, 0) is 16.0 Å².